The van der Waals surface area contributed by atoms with Gasteiger partial charge in [-0.2, -0.15) is 0 Å². The molecule has 0 unspecified atom stereocenters. The number of hydrogen-bond acceptors (Lipinski definition) is 5. The Morgan fingerprint density at radius 1 is 1.13 bits per heavy atom. The molecule has 0 saturated heterocycles. The Morgan fingerprint density at radius 3 is 2.63 bits per heavy atom. The highest BCUT2D eigenvalue weighted by Crippen LogP contribution is 2.30. The third-order valence-corrected chi connectivity index (χ3v) is 5.14. The van der Waals surface area contributed by atoms with Crippen LogP contribution in [0.15, 0.2) is 60.7 Å². The standard InChI is InChI=1S/C22H22ClN5O2/c23-27-22(29)18-10-17-16-8-4-5-9-19(16)28(21(17)26-20(18)25)11-15(24)13-30-12-14-6-2-1-3-7-14/h1-10,15H,11-13,24H2,(H2,25,26)(H,27,29)/t15-/m1/s1. The molecule has 0 aliphatic rings. The molecule has 0 radical (unpaired) electrons. The zero-order chi connectivity index (χ0) is 21.1. The number of para-hydroxylation sites is 1. The van der Waals surface area contributed by atoms with Crippen LogP contribution in [0.4, 0.5) is 5.82 Å². The van der Waals surface area contributed by atoms with Gasteiger partial charge in [-0.1, -0.05) is 48.5 Å². The van der Waals surface area contributed by atoms with Crippen molar-refractivity contribution >= 4 is 45.4 Å². The molecule has 0 saturated carbocycles. The number of carbonyl (C=O) groups excluding carboxylic acids is 1. The molecule has 2 aromatic heterocycles. The Bertz CT molecular complexity index is 1190. The molecular formula is C22H22ClN5O2. The number of ether oxygens (including phenoxy) is 1. The van der Waals surface area contributed by atoms with Gasteiger partial charge in [-0.15, -0.1) is 0 Å². The van der Waals surface area contributed by atoms with Crippen molar-refractivity contribution in [2.24, 2.45) is 5.73 Å². The molecule has 8 heteroatoms. The van der Waals surface area contributed by atoms with Gasteiger partial charge in [-0.05, 0) is 17.7 Å². The number of halogens is 1. The summed E-state index contributed by atoms with van der Waals surface area (Å²) in [6.07, 6.45) is 0. The zero-order valence-electron chi connectivity index (χ0n) is 16.2. The molecule has 5 N–H and O–H groups in total. The molecule has 7 nitrogen and oxygen atoms in total. The molecule has 1 amide bonds. The first-order chi connectivity index (χ1) is 14.6. The van der Waals surface area contributed by atoms with Gasteiger partial charge in [0.2, 0.25) is 0 Å². The first-order valence-electron chi connectivity index (χ1n) is 9.54. The van der Waals surface area contributed by atoms with Crippen LogP contribution in [0.1, 0.15) is 15.9 Å². The lowest BCUT2D eigenvalue weighted by Crippen LogP contribution is -2.31. The van der Waals surface area contributed by atoms with Gasteiger partial charge in [0.05, 0.1) is 24.3 Å². The normalized spacial score (nSPS) is 12.3. The van der Waals surface area contributed by atoms with Crippen LogP contribution in [-0.4, -0.2) is 28.1 Å². The molecule has 2 aromatic carbocycles. The minimum Gasteiger partial charge on any atom is -0.383 e. The third kappa shape index (κ3) is 3.95. The topological polar surface area (TPSA) is 108 Å². The molecule has 2 heterocycles. The average molecular weight is 424 g/mol. The van der Waals surface area contributed by atoms with Crippen molar-refractivity contribution in [1.29, 1.82) is 0 Å². The first kappa shape index (κ1) is 20.2. The number of amides is 1. The van der Waals surface area contributed by atoms with E-state index in [0.717, 1.165) is 21.9 Å². The van der Waals surface area contributed by atoms with Crippen molar-refractivity contribution in [3.63, 3.8) is 0 Å². The molecule has 30 heavy (non-hydrogen) atoms. The van der Waals surface area contributed by atoms with Crippen LogP contribution in [0.2, 0.25) is 0 Å². The van der Waals surface area contributed by atoms with Gasteiger partial charge >= 0.3 is 0 Å². The number of nitrogens with one attached hydrogen (secondary N) is 1. The van der Waals surface area contributed by atoms with Gasteiger partial charge < -0.3 is 20.8 Å². The SMILES string of the molecule is Nc1nc2c(cc1C(=O)NCl)c1ccccc1n2C[C@@H](N)COCc1ccccc1. The summed E-state index contributed by atoms with van der Waals surface area (Å²) >= 11 is 5.48. The van der Waals surface area contributed by atoms with Crippen molar-refractivity contribution in [1.82, 2.24) is 14.4 Å². The average Bonchev–Trinajstić information content (AvgIpc) is 3.06. The number of hydrogen-bond donors (Lipinski definition) is 3. The highest BCUT2D eigenvalue weighted by Gasteiger charge is 2.19. The quantitative estimate of drug-likeness (QED) is 0.395. The van der Waals surface area contributed by atoms with Crippen molar-refractivity contribution in [2.75, 3.05) is 12.3 Å². The number of nitrogen functional groups attached to an aromatic ring is 1. The second-order valence-corrected chi connectivity index (χ2v) is 7.29. The Kier molecular flexibility index (Phi) is 5.85. The molecule has 154 valence electrons. The van der Waals surface area contributed by atoms with Crippen LogP contribution in [0.25, 0.3) is 21.9 Å². The number of carbonyl (C=O) groups is 1. The Hall–Kier alpha value is -3.13. The molecule has 0 spiro atoms. The van der Waals surface area contributed by atoms with Gasteiger partial charge in [0, 0.05) is 35.1 Å². The lowest BCUT2D eigenvalue weighted by Gasteiger charge is -2.15. The second-order valence-electron chi connectivity index (χ2n) is 7.10. The van der Waals surface area contributed by atoms with Gasteiger partial charge in [0.1, 0.15) is 11.5 Å². The van der Waals surface area contributed by atoms with E-state index in [9.17, 15) is 4.79 Å². The van der Waals surface area contributed by atoms with E-state index in [1.165, 1.54) is 0 Å². The van der Waals surface area contributed by atoms with E-state index in [2.05, 4.69) is 9.82 Å². The summed E-state index contributed by atoms with van der Waals surface area (Å²) < 4.78 is 7.81. The van der Waals surface area contributed by atoms with Crippen molar-refractivity contribution in [2.45, 2.75) is 19.2 Å². The van der Waals surface area contributed by atoms with E-state index in [4.69, 9.17) is 28.0 Å². The minimum absolute atomic E-state index is 0.110. The van der Waals surface area contributed by atoms with E-state index in [1.807, 2.05) is 59.2 Å². The summed E-state index contributed by atoms with van der Waals surface area (Å²) in [7, 11) is 0. The minimum atomic E-state index is -0.494. The fraction of sp³-hybridized carbons (Fsp3) is 0.182. The van der Waals surface area contributed by atoms with Crippen LogP contribution >= 0.6 is 11.8 Å². The van der Waals surface area contributed by atoms with E-state index in [0.29, 0.717) is 25.4 Å². The highest BCUT2D eigenvalue weighted by atomic mass is 35.5. The van der Waals surface area contributed by atoms with E-state index in [1.54, 1.807) is 6.07 Å². The molecule has 0 fully saturated rings. The van der Waals surface area contributed by atoms with E-state index < -0.39 is 5.91 Å². The number of pyridine rings is 1. The number of rotatable bonds is 7. The number of nitrogens with zero attached hydrogens (tertiary/aromatic N) is 2. The maximum atomic E-state index is 12.0. The van der Waals surface area contributed by atoms with Gasteiger partial charge in [0.25, 0.3) is 5.91 Å². The van der Waals surface area contributed by atoms with E-state index in [-0.39, 0.29) is 17.4 Å². The number of anilines is 1. The van der Waals surface area contributed by atoms with Gasteiger partial charge in [-0.3, -0.25) is 9.63 Å². The van der Waals surface area contributed by atoms with Crippen LogP contribution < -0.4 is 16.3 Å². The van der Waals surface area contributed by atoms with Crippen molar-refractivity contribution in [3.05, 3.63) is 71.8 Å². The summed E-state index contributed by atoms with van der Waals surface area (Å²) in [5.41, 5.74) is 15.3. The predicted octanol–water partition coefficient (Wildman–Crippen LogP) is 3.20. The smallest absolute Gasteiger partial charge is 0.269 e. The van der Waals surface area contributed by atoms with E-state index >= 15 is 0 Å². The number of aromatic nitrogens is 2. The Morgan fingerprint density at radius 2 is 1.87 bits per heavy atom. The molecule has 4 rings (SSSR count). The monoisotopic (exact) mass is 423 g/mol. The number of nitrogens with two attached hydrogens (primary N) is 2. The fourth-order valence-electron chi connectivity index (χ4n) is 3.58. The maximum absolute atomic E-state index is 12.0. The van der Waals surface area contributed by atoms with Gasteiger partial charge in [0.15, 0.2) is 0 Å². The largest absolute Gasteiger partial charge is 0.383 e. The molecular weight excluding hydrogens is 402 g/mol. The fourth-order valence-corrected chi connectivity index (χ4v) is 3.68. The van der Waals surface area contributed by atoms with Crippen LogP contribution in [0.3, 0.4) is 0 Å². The zero-order valence-corrected chi connectivity index (χ0v) is 17.0. The Balaban J connectivity index is 1.62. The van der Waals surface area contributed by atoms with Crippen LogP contribution in [0, 0.1) is 0 Å². The lowest BCUT2D eigenvalue weighted by molar-refractivity contribution is 0.0982. The highest BCUT2D eigenvalue weighted by molar-refractivity contribution is 6.25. The summed E-state index contributed by atoms with van der Waals surface area (Å²) in [5.74, 6) is -0.384. The maximum Gasteiger partial charge on any atom is 0.269 e. The lowest BCUT2D eigenvalue weighted by atomic mass is 10.1. The summed E-state index contributed by atoms with van der Waals surface area (Å²) in [5, 5.41) is 1.77. The second kappa shape index (κ2) is 8.71. The molecule has 1 atom stereocenters. The van der Waals surface area contributed by atoms with Gasteiger partial charge in [-0.25, -0.2) is 4.98 Å². The van der Waals surface area contributed by atoms with Crippen molar-refractivity contribution in [3.8, 4) is 0 Å². The molecule has 4 aromatic rings. The predicted molar refractivity (Wildman–Crippen MR) is 119 cm³/mol. The van der Waals surface area contributed by atoms with Crippen LogP contribution in [0.5, 0.6) is 0 Å². The summed E-state index contributed by atoms with van der Waals surface area (Å²) in [6, 6.07) is 19.3. The Labute approximate surface area is 178 Å². The molecule has 0 aliphatic heterocycles. The molecule has 0 bridgehead atoms. The summed E-state index contributed by atoms with van der Waals surface area (Å²) in [6.45, 7) is 1.39. The molecule has 0 aliphatic carbocycles. The first-order valence-corrected chi connectivity index (χ1v) is 9.92. The number of benzene rings is 2. The third-order valence-electron chi connectivity index (χ3n) is 4.96. The number of fused-ring (bicyclic) bond motifs is 3. The van der Waals surface area contributed by atoms with Crippen molar-refractivity contribution < 1.29 is 9.53 Å². The summed E-state index contributed by atoms with van der Waals surface area (Å²) in [4.78, 5) is 18.6. The van der Waals surface area contributed by atoms with Crippen LogP contribution in [-0.2, 0) is 17.9 Å².